The van der Waals surface area contributed by atoms with Gasteiger partial charge in [0.1, 0.15) is 5.82 Å². The number of hydrogen-bond donors (Lipinski definition) is 0. The van der Waals surface area contributed by atoms with Crippen LogP contribution >= 0.6 is 23.4 Å². The number of fused-ring (bicyclic) bond motifs is 2. The molecule has 1 aromatic heterocycles. The van der Waals surface area contributed by atoms with Crippen LogP contribution in [0.3, 0.4) is 0 Å². The lowest BCUT2D eigenvalue weighted by Gasteiger charge is -2.14. The number of rotatable bonds is 5. The molecule has 4 nitrogen and oxygen atoms in total. The molecule has 0 N–H and O–H groups in total. The quantitative estimate of drug-likeness (QED) is 0.219. The Morgan fingerprint density at radius 2 is 1.59 bits per heavy atom. The molecule has 7 heteroatoms. The van der Waals surface area contributed by atoms with Gasteiger partial charge < -0.3 is 4.57 Å². The third-order valence-corrected chi connectivity index (χ3v) is 7.80. The Morgan fingerprint density at radius 3 is 2.43 bits per heavy atom. The first kappa shape index (κ1) is 23.5. The van der Waals surface area contributed by atoms with E-state index in [1.807, 2.05) is 77.5 Å². The second-order valence-electron chi connectivity index (χ2n) is 8.87. The Labute approximate surface area is 221 Å². The maximum atomic E-state index is 13.5. The van der Waals surface area contributed by atoms with Crippen LogP contribution in [0.1, 0.15) is 16.7 Å². The highest BCUT2D eigenvalue weighted by atomic mass is 35.5. The van der Waals surface area contributed by atoms with Crippen LogP contribution in [0.2, 0.25) is 5.02 Å². The molecule has 0 unspecified atom stereocenters. The molecule has 0 aliphatic carbocycles. The van der Waals surface area contributed by atoms with Gasteiger partial charge in [-0.05, 0) is 57.9 Å². The van der Waals surface area contributed by atoms with Crippen molar-refractivity contribution < 1.29 is 14.0 Å². The number of imide groups is 1. The predicted molar refractivity (Wildman–Crippen MR) is 148 cm³/mol. The number of carbonyl (C=O) groups excluding carboxylic acids is 2. The molecule has 5 aromatic rings. The molecule has 0 atom stereocenters. The van der Waals surface area contributed by atoms with Gasteiger partial charge in [0.2, 0.25) is 0 Å². The second-order valence-corrected chi connectivity index (χ2v) is 10.3. The molecule has 1 saturated heterocycles. The van der Waals surface area contributed by atoms with Gasteiger partial charge in [-0.3, -0.25) is 14.5 Å². The Hall–Kier alpha value is -3.87. The van der Waals surface area contributed by atoms with E-state index in [9.17, 15) is 14.0 Å². The highest BCUT2D eigenvalue weighted by Crippen LogP contribution is 2.36. The summed E-state index contributed by atoms with van der Waals surface area (Å²) in [5, 5.41) is 3.11. The van der Waals surface area contributed by atoms with Crippen molar-refractivity contribution in [1.29, 1.82) is 0 Å². The Balaban J connectivity index is 1.33. The summed E-state index contributed by atoms with van der Waals surface area (Å²) < 4.78 is 15.5. The molecular formula is C30H20ClFN2O2S. The standard InChI is InChI=1S/C30H20ClFN2O2S/c31-26-15-23(32)13-12-21(26)16-33-17-22(25-10-3-4-11-27(25)33)14-28-29(35)34(30(36)37-28)18-20-8-5-7-19-6-1-2-9-24(19)20/h1-15,17H,16,18H2/b28-14-. The molecule has 2 amide bonds. The molecule has 6 rings (SSSR count). The van der Waals surface area contributed by atoms with Crippen LogP contribution in [0.4, 0.5) is 9.18 Å². The normalized spacial score (nSPS) is 15.0. The summed E-state index contributed by atoms with van der Waals surface area (Å²) in [6.07, 6.45) is 3.71. The number of amides is 2. The zero-order valence-corrected chi connectivity index (χ0v) is 21.1. The first-order valence-corrected chi connectivity index (χ1v) is 12.9. The minimum atomic E-state index is -0.383. The third-order valence-electron chi connectivity index (χ3n) is 6.54. The van der Waals surface area contributed by atoms with Crippen LogP contribution in [0, 0.1) is 5.82 Å². The van der Waals surface area contributed by atoms with Crippen molar-refractivity contribution in [3.63, 3.8) is 0 Å². The van der Waals surface area contributed by atoms with Gasteiger partial charge in [-0.1, -0.05) is 78.3 Å². The summed E-state index contributed by atoms with van der Waals surface area (Å²) >= 11 is 7.23. The van der Waals surface area contributed by atoms with E-state index in [2.05, 4.69) is 0 Å². The lowest BCUT2D eigenvalue weighted by Crippen LogP contribution is -2.27. The van der Waals surface area contributed by atoms with Gasteiger partial charge >= 0.3 is 0 Å². The van der Waals surface area contributed by atoms with Crippen molar-refractivity contribution in [1.82, 2.24) is 9.47 Å². The van der Waals surface area contributed by atoms with Crippen molar-refractivity contribution in [2.24, 2.45) is 0 Å². The van der Waals surface area contributed by atoms with E-state index in [0.717, 1.165) is 50.1 Å². The van der Waals surface area contributed by atoms with Crippen molar-refractivity contribution in [2.75, 3.05) is 0 Å². The average Bonchev–Trinajstić information content (AvgIpc) is 3.37. The second kappa shape index (κ2) is 9.54. The lowest BCUT2D eigenvalue weighted by atomic mass is 10.0. The molecule has 1 fully saturated rings. The van der Waals surface area contributed by atoms with Gasteiger partial charge in [0.15, 0.2) is 0 Å². The Kier molecular flexibility index (Phi) is 6.07. The molecule has 4 aromatic carbocycles. The molecule has 0 spiro atoms. The molecule has 0 bridgehead atoms. The average molecular weight is 527 g/mol. The fourth-order valence-electron chi connectivity index (χ4n) is 4.73. The van der Waals surface area contributed by atoms with E-state index in [1.165, 1.54) is 17.0 Å². The number of carbonyl (C=O) groups is 2. The van der Waals surface area contributed by atoms with Crippen LogP contribution < -0.4 is 0 Å². The Bertz CT molecular complexity index is 1740. The van der Waals surface area contributed by atoms with Crippen LogP contribution in [-0.2, 0) is 17.9 Å². The fourth-order valence-corrected chi connectivity index (χ4v) is 5.79. The van der Waals surface area contributed by atoms with E-state index in [1.54, 1.807) is 12.1 Å². The summed E-state index contributed by atoms with van der Waals surface area (Å²) in [5.74, 6) is -0.688. The summed E-state index contributed by atoms with van der Waals surface area (Å²) in [4.78, 5) is 27.9. The molecule has 182 valence electrons. The van der Waals surface area contributed by atoms with Crippen LogP contribution in [-0.4, -0.2) is 20.6 Å². The molecule has 2 heterocycles. The lowest BCUT2D eigenvalue weighted by molar-refractivity contribution is -0.123. The third kappa shape index (κ3) is 4.43. The smallest absolute Gasteiger partial charge is 0.293 e. The van der Waals surface area contributed by atoms with Gasteiger partial charge in [0.05, 0.1) is 11.4 Å². The summed E-state index contributed by atoms with van der Waals surface area (Å²) in [7, 11) is 0. The molecule has 1 aliphatic rings. The molecule has 0 saturated carbocycles. The van der Waals surface area contributed by atoms with Crippen LogP contribution in [0.5, 0.6) is 0 Å². The minimum absolute atomic E-state index is 0.216. The number of aromatic nitrogens is 1. The summed E-state index contributed by atoms with van der Waals surface area (Å²) in [6, 6.07) is 26.0. The number of para-hydroxylation sites is 1. The zero-order valence-electron chi connectivity index (χ0n) is 19.5. The monoisotopic (exact) mass is 526 g/mol. The van der Waals surface area contributed by atoms with Gasteiger partial charge in [-0.15, -0.1) is 0 Å². The largest absolute Gasteiger partial charge is 0.342 e. The highest BCUT2D eigenvalue weighted by molar-refractivity contribution is 8.18. The number of halogens is 2. The topological polar surface area (TPSA) is 42.3 Å². The maximum absolute atomic E-state index is 13.5. The molecular weight excluding hydrogens is 507 g/mol. The SMILES string of the molecule is O=C1S/C(=C\c2cn(Cc3ccc(F)cc3Cl)c3ccccc23)C(=O)N1Cc1cccc2ccccc12. The van der Waals surface area contributed by atoms with Crippen molar-refractivity contribution in [3.05, 3.63) is 124 Å². The van der Waals surface area contributed by atoms with E-state index in [0.29, 0.717) is 16.5 Å². The molecule has 1 aliphatic heterocycles. The first-order chi connectivity index (χ1) is 18.0. The summed E-state index contributed by atoms with van der Waals surface area (Å²) in [6.45, 7) is 0.657. The molecule has 0 radical (unpaired) electrons. The van der Waals surface area contributed by atoms with Crippen molar-refractivity contribution in [2.45, 2.75) is 13.1 Å². The van der Waals surface area contributed by atoms with E-state index in [4.69, 9.17) is 11.6 Å². The van der Waals surface area contributed by atoms with Gasteiger partial charge in [0.25, 0.3) is 11.1 Å². The Morgan fingerprint density at radius 1 is 0.838 bits per heavy atom. The molecule has 37 heavy (non-hydrogen) atoms. The first-order valence-electron chi connectivity index (χ1n) is 11.7. The fraction of sp³-hybridized carbons (Fsp3) is 0.0667. The highest BCUT2D eigenvalue weighted by Gasteiger charge is 2.35. The minimum Gasteiger partial charge on any atom is -0.342 e. The van der Waals surface area contributed by atoms with E-state index >= 15 is 0 Å². The van der Waals surface area contributed by atoms with Crippen molar-refractivity contribution >= 4 is 62.3 Å². The maximum Gasteiger partial charge on any atom is 0.293 e. The van der Waals surface area contributed by atoms with Gasteiger partial charge in [0, 0.05) is 34.2 Å². The number of hydrogen-bond acceptors (Lipinski definition) is 3. The van der Waals surface area contributed by atoms with Crippen molar-refractivity contribution in [3.8, 4) is 0 Å². The van der Waals surface area contributed by atoms with Crippen LogP contribution in [0.15, 0.2) is 96.0 Å². The number of benzene rings is 4. The zero-order chi connectivity index (χ0) is 25.5. The number of thioether (sulfide) groups is 1. The van der Waals surface area contributed by atoms with E-state index in [-0.39, 0.29) is 23.5 Å². The van der Waals surface area contributed by atoms with Crippen LogP contribution in [0.25, 0.3) is 27.8 Å². The predicted octanol–water partition coefficient (Wildman–Crippen LogP) is 7.87. The van der Waals surface area contributed by atoms with E-state index < -0.39 is 0 Å². The number of nitrogens with zero attached hydrogens (tertiary/aromatic N) is 2. The van der Waals surface area contributed by atoms with Gasteiger partial charge in [-0.2, -0.15) is 0 Å². The summed E-state index contributed by atoms with van der Waals surface area (Å²) in [5.41, 5.74) is 3.48. The van der Waals surface area contributed by atoms with Gasteiger partial charge in [-0.25, -0.2) is 4.39 Å².